The number of hydrogen-bond donors (Lipinski definition) is 1. The molecule has 84 valence electrons. The summed E-state index contributed by atoms with van der Waals surface area (Å²) >= 11 is 0. The molecule has 1 aromatic carbocycles. The van der Waals surface area contributed by atoms with Gasteiger partial charge < -0.3 is 10.2 Å². The van der Waals surface area contributed by atoms with Gasteiger partial charge in [0.2, 0.25) is 5.91 Å². The molecule has 0 fully saturated rings. The standard InChI is InChI=1S/C13H11N3O/c17-13-9-16(10-4-2-1-3-5-10)12-6-7-14-8-11(12)15-13/h1-8H,9H2,(H,15,17). The maximum absolute atomic E-state index is 11.6. The third-order valence-corrected chi connectivity index (χ3v) is 2.73. The highest BCUT2D eigenvalue weighted by molar-refractivity contribution is 6.02. The number of nitrogens with one attached hydrogen (secondary N) is 1. The summed E-state index contributed by atoms with van der Waals surface area (Å²) in [5, 5.41) is 2.82. The number of benzene rings is 1. The molecular weight excluding hydrogens is 214 g/mol. The molecule has 0 bridgehead atoms. The third kappa shape index (κ3) is 1.73. The van der Waals surface area contributed by atoms with Crippen LogP contribution in [0.2, 0.25) is 0 Å². The number of fused-ring (bicyclic) bond motifs is 1. The number of hydrogen-bond acceptors (Lipinski definition) is 3. The van der Waals surface area contributed by atoms with Crippen LogP contribution in [-0.4, -0.2) is 17.4 Å². The van der Waals surface area contributed by atoms with Gasteiger partial charge in [0, 0.05) is 11.9 Å². The zero-order valence-electron chi connectivity index (χ0n) is 9.13. The SMILES string of the molecule is O=C1CN(c2ccccc2)c2ccncc2N1. The summed E-state index contributed by atoms with van der Waals surface area (Å²) in [4.78, 5) is 17.6. The number of amides is 1. The first-order chi connectivity index (χ1) is 8.34. The Hall–Kier alpha value is -2.36. The van der Waals surface area contributed by atoms with Gasteiger partial charge >= 0.3 is 0 Å². The lowest BCUT2D eigenvalue weighted by atomic mass is 10.2. The molecule has 1 aliphatic heterocycles. The number of para-hydroxylation sites is 1. The van der Waals surface area contributed by atoms with Crippen molar-refractivity contribution in [3.8, 4) is 0 Å². The second-order valence-electron chi connectivity index (χ2n) is 3.86. The first kappa shape index (κ1) is 9.84. The predicted molar refractivity (Wildman–Crippen MR) is 66.3 cm³/mol. The molecule has 17 heavy (non-hydrogen) atoms. The molecule has 1 aliphatic rings. The van der Waals surface area contributed by atoms with Gasteiger partial charge in [-0.2, -0.15) is 0 Å². The number of aromatic nitrogens is 1. The zero-order chi connectivity index (χ0) is 11.7. The smallest absolute Gasteiger partial charge is 0.244 e. The Labute approximate surface area is 98.9 Å². The molecule has 0 saturated carbocycles. The fourth-order valence-corrected chi connectivity index (χ4v) is 1.98. The summed E-state index contributed by atoms with van der Waals surface area (Å²) < 4.78 is 0. The quantitative estimate of drug-likeness (QED) is 0.809. The van der Waals surface area contributed by atoms with Gasteiger partial charge in [-0.3, -0.25) is 9.78 Å². The van der Waals surface area contributed by atoms with Gasteiger partial charge in [-0.25, -0.2) is 0 Å². The highest BCUT2D eigenvalue weighted by atomic mass is 16.2. The fraction of sp³-hybridized carbons (Fsp3) is 0.0769. The van der Waals surface area contributed by atoms with E-state index in [0.29, 0.717) is 6.54 Å². The maximum atomic E-state index is 11.6. The Morgan fingerprint density at radius 1 is 1.18 bits per heavy atom. The van der Waals surface area contributed by atoms with Crippen LogP contribution >= 0.6 is 0 Å². The average molecular weight is 225 g/mol. The molecule has 4 heteroatoms. The second-order valence-corrected chi connectivity index (χ2v) is 3.86. The Morgan fingerprint density at radius 2 is 2.00 bits per heavy atom. The highest BCUT2D eigenvalue weighted by Crippen LogP contribution is 2.33. The van der Waals surface area contributed by atoms with Crippen molar-refractivity contribution in [2.24, 2.45) is 0 Å². The lowest BCUT2D eigenvalue weighted by Crippen LogP contribution is -2.35. The summed E-state index contributed by atoms with van der Waals surface area (Å²) in [5.41, 5.74) is 2.74. The van der Waals surface area contributed by atoms with Gasteiger partial charge in [0.15, 0.2) is 0 Å². The van der Waals surface area contributed by atoms with Crippen molar-refractivity contribution in [1.82, 2.24) is 4.98 Å². The van der Waals surface area contributed by atoms with Crippen molar-refractivity contribution in [2.75, 3.05) is 16.8 Å². The first-order valence-corrected chi connectivity index (χ1v) is 5.41. The van der Waals surface area contributed by atoms with E-state index < -0.39 is 0 Å². The van der Waals surface area contributed by atoms with Crippen molar-refractivity contribution in [2.45, 2.75) is 0 Å². The van der Waals surface area contributed by atoms with E-state index >= 15 is 0 Å². The van der Waals surface area contributed by atoms with Gasteiger partial charge in [-0.15, -0.1) is 0 Å². The van der Waals surface area contributed by atoms with Crippen molar-refractivity contribution in [3.63, 3.8) is 0 Å². The van der Waals surface area contributed by atoms with E-state index in [1.54, 1.807) is 12.4 Å². The Kier molecular flexibility index (Phi) is 2.26. The molecule has 3 rings (SSSR count). The van der Waals surface area contributed by atoms with E-state index in [0.717, 1.165) is 17.1 Å². The summed E-state index contributed by atoms with van der Waals surface area (Å²) in [6.07, 6.45) is 3.40. The molecule has 0 atom stereocenters. The Morgan fingerprint density at radius 3 is 2.82 bits per heavy atom. The van der Waals surface area contributed by atoms with Crippen LogP contribution in [0.15, 0.2) is 48.8 Å². The van der Waals surface area contributed by atoms with Crippen LogP contribution in [0.5, 0.6) is 0 Å². The van der Waals surface area contributed by atoms with Crippen LogP contribution in [0.4, 0.5) is 17.1 Å². The van der Waals surface area contributed by atoms with Crippen LogP contribution in [-0.2, 0) is 4.79 Å². The maximum Gasteiger partial charge on any atom is 0.244 e. The molecule has 4 nitrogen and oxygen atoms in total. The molecule has 2 aromatic rings. The lowest BCUT2D eigenvalue weighted by Gasteiger charge is -2.30. The first-order valence-electron chi connectivity index (χ1n) is 5.41. The number of carbonyl (C=O) groups excluding carboxylic acids is 1. The van der Waals surface area contributed by atoms with Gasteiger partial charge in [0.1, 0.15) is 6.54 Å². The van der Waals surface area contributed by atoms with E-state index in [1.165, 1.54) is 0 Å². The van der Waals surface area contributed by atoms with E-state index in [-0.39, 0.29) is 5.91 Å². The van der Waals surface area contributed by atoms with Gasteiger partial charge in [0.05, 0.1) is 17.6 Å². The molecule has 0 spiro atoms. The Balaban J connectivity index is 2.10. The monoisotopic (exact) mass is 225 g/mol. The molecule has 2 heterocycles. The minimum Gasteiger partial charge on any atom is -0.330 e. The molecule has 1 N–H and O–H groups in total. The Bertz CT molecular complexity index is 554. The highest BCUT2D eigenvalue weighted by Gasteiger charge is 2.22. The van der Waals surface area contributed by atoms with Crippen LogP contribution in [0.1, 0.15) is 0 Å². The van der Waals surface area contributed by atoms with Crippen molar-refractivity contribution in [1.29, 1.82) is 0 Å². The van der Waals surface area contributed by atoms with Crippen LogP contribution in [0.25, 0.3) is 0 Å². The summed E-state index contributed by atoms with van der Waals surface area (Å²) in [5.74, 6) is -0.0191. The van der Waals surface area contributed by atoms with E-state index in [9.17, 15) is 4.79 Å². The predicted octanol–water partition coefficient (Wildman–Crippen LogP) is 2.17. The van der Waals surface area contributed by atoms with Crippen molar-refractivity contribution >= 4 is 23.0 Å². The van der Waals surface area contributed by atoms with Crippen molar-refractivity contribution in [3.05, 3.63) is 48.8 Å². The van der Waals surface area contributed by atoms with E-state index in [2.05, 4.69) is 10.3 Å². The topological polar surface area (TPSA) is 45.2 Å². The number of pyridine rings is 1. The molecular formula is C13H11N3O. The van der Waals surface area contributed by atoms with Crippen LogP contribution in [0.3, 0.4) is 0 Å². The number of anilines is 3. The normalized spacial score (nSPS) is 14.1. The molecule has 1 amide bonds. The second kappa shape index (κ2) is 3.90. The molecule has 0 saturated heterocycles. The van der Waals surface area contributed by atoms with E-state index in [1.807, 2.05) is 41.3 Å². The third-order valence-electron chi connectivity index (χ3n) is 2.73. The summed E-state index contributed by atoms with van der Waals surface area (Å²) in [6.45, 7) is 0.334. The number of carbonyl (C=O) groups is 1. The molecule has 0 unspecified atom stereocenters. The van der Waals surface area contributed by atoms with Crippen LogP contribution < -0.4 is 10.2 Å². The minimum atomic E-state index is -0.0191. The fourth-order valence-electron chi connectivity index (χ4n) is 1.98. The lowest BCUT2D eigenvalue weighted by molar-refractivity contribution is -0.115. The van der Waals surface area contributed by atoms with Crippen LogP contribution in [0, 0.1) is 0 Å². The van der Waals surface area contributed by atoms with Gasteiger partial charge in [0.25, 0.3) is 0 Å². The van der Waals surface area contributed by atoms with E-state index in [4.69, 9.17) is 0 Å². The average Bonchev–Trinajstić information content (AvgIpc) is 2.39. The van der Waals surface area contributed by atoms with Gasteiger partial charge in [-0.1, -0.05) is 18.2 Å². The largest absolute Gasteiger partial charge is 0.330 e. The zero-order valence-corrected chi connectivity index (χ0v) is 9.13. The van der Waals surface area contributed by atoms with Gasteiger partial charge in [-0.05, 0) is 18.2 Å². The summed E-state index contributed by atoms with van der Waals surface area (Å²) in [6, 6.07) is 11.8. The molecule has 1 aromatic heterocycles. The molecule has 0 aliphatic carbocycles. The number of rotatable bonds is 1. The molecule has 0 radical (unpaired) electrons. The summed E-state index contributed by atoms with van der Waals surface area (Å²) in [7, 11) is 0. The number of nitrogens with zero attached hydrogens (tertiary/aromatic N) is 2. The minimum absolute atomic E-state index is 0.0191. The van der Waals surface area contributed by atoms with Crippen molar-refractivity contribution < 1.29 is 4.79 Å².